The summed E-state index contributed by atoms with van der Waals surface area (Å²) >= 11 is 0. The van der Waals surface area contributed by atoms with Crippen molar-refractivity contribution >= 4 is 11.0 Å². The van der Waals surface area contributed by atoms with Crippen molar-refractivity contribution in [2.75, 3.05) is 0 Å². The smallest absolute Gasteiger partial charge is 0.138 e. The summed E-state index contributed by atoms with van der Waals surface area (Å²) in [5.41, 5.74) is 3.36. The van der Waals surface area contributed by atoms with Crippen molar-refractivity contribution in [3.05, 3.63) is 35.1 Å². The summed E-state index contributed by atoms with van der Waals surface area (Å²) in [5.74, 6) is 1.12. The number of furan rings is 1. The highest BCUT2D eigenvalue weighted by atomic mass is 16.4. The quantitative estimate of drug-likeness (QED) is 0.848. The lowest BCUT2D eigenvalue weighted by Crippen LogP contribution is -1.93. The number of benzene rings is 1. The first-order valence-electron chi connectivity index (χ1n) is 6.75. The summed E-state index contributed by atoms with van der Waals surface area (Å²) in [5, 5.41) is 11.2. The van der Waals surface area contributed by atoms with Crippen molar-refractivity contribution in [1.82, 2.24) is 0 Å². The lowest BCUT2D eigenvalue weighted by Gasteiger charge is -2.07. The van der Waals surface area contributed by atoms with Crippen LogP contribution in [-0.2, 0) is 0 Å². The van der Waals surface area contributed by atoms with Gasteiger partial charge in [-0.05, 0) is 36.5 Å². The van der Waals surface area contributed by atoms with Crippen LogP contribution in [0.4, 0.5) is 0 Å². The minimum atomic E-state index is -0.484. The van der Waals surface area contributed by atoms with Crippen LogP contribution in [0.25, 0.3) is 11.0 Å². The van der Waals surface area contributed by atoms with Gasteiger partial charge >= 0.3 is 0 Å². The molecule has 98 valence electrons. The van der Waals surface area contributed by atoms with Crippen LogP contribution in [0.2, 0.25) is 0 Å². The van der Waals surface area contributed by atoms with Gasteiger partial charge in [0.25, 0.3) is 0 Å². The molecule has 1 aromatic heterocycles. The predicted octanol–water partition coefficient (Wildman–Crippen LogP) is 4.70. The van der Waals surface area contributed by atoms with E-state index >= 15 is 0 Å². The van der Waals surface area contributed by atoms with Gasteiger partial charge in [-0.1, -0.05) is 39.3 Å². The van der Waals surface area contributed by atoms with E-state index in [-0.39, 0.29) is 0 Å². The first-order valence-corrected chi connectivity index (χ1v) is 6.75. The Labute approximate surface area is 109 Å². The molecule has 1 heterocycles. The molecule has 1 N–H and O–H groups in total. The summed E-state index contributed by atoms with van der Waals surface area (Å²) in [4.78, 5) is 0. The average molecular weight is 246 g/mol. The lowest BCUT2D eigenvalue weighted by atomic mass is 9.99. The van der Waals surface area contributed by atoms with Crippen LogP contribution in [0.5, 0.6) is 0 Å². The molecular formula is C16H22O2. The number of fused-ring (bicyclic) bond motifs is 1. The number of hydrogen-bond acceptors (Lipinski definition) is 2. The zero-order valence-electron chi connectivity index (χ0n) is 11.7. The van der Waals surface area contributed by atoms with Gasteiger partial charge in [-0.15, -0.1) is 0 Å². The van der Waals surface area contributed by atoms with E-state index in [4.69, 9.17) is 4.42 Å². The zero-order valence-corrected chi connectivity index (χ0v) is 11.7. The summed E-state index contributed by atoms with van der Waals surface area (Å²) in [6, 6.07) is 6.25. The number of aliphatic hydroxyl groups is 1. The maximum atomic E-state index is 10.0. The molecule has 18 heavy (non-hydrogen) atoms. The number of hydrogen-bond donors (Lipinski definition) is 1. The molecule has 0 saturated carbocycles. The molecule has 0 spiro atoms. The molecular weight excluding hydrogens is 224 g/mol. The Hall–Kier alpha value is -1.28. The molecule has 0 fully saturated rings. The minimum absolute atomic E-state index is 0.426. The van der Waals surface area contributed by atoms with E-state index in [0.29, 0.717) is 11.7 Å². The van der Waals surface area contributed by atoms with Gasteiger partial charge in [-0.25, -0.2) is 0 Å². The van der Waals surface area contributed by atoms with Crippen LogP contribution in [0.15, 0.2) is 22.6 Å². The van der Waals surface area contributed by atoms with Crippen LogP contribution in [0.3, 0.4) is 0 Å². The van der Waals surface area contributed by atoms with Crippen LogP contribution < -0.4 is 0 Å². The van der Waals surface area contributed by atoms with E-state index in [9.17, 15) is 5.11 Å². The van der Waals surface area contributed by atoms with Gasteiger partial charge in [0.1, 0.15) is 17.4 Å². The van der Waals surface area contributed by atoms with Crippen LogP contribution >= 0.6 is 0 Å². The molecule has 2 nitrogen and oxygen atoms in total. The van der Waals surface area contributed by atoms with Gasteiger partial charge in [0.15, 0.2) is 0 Å². The fraction of sp³-hybridized carbons (Fsp3) is 0.500. The molecule has 1 atom stereocenters. The maximum Gasteiger partial charge on any atom is 0.138 e. The molecule has 0 amide bonds. The Balaban J connectivity index is 2.55. The van der Waals surface area contributed by atoms with E-state index in [0.717, 1.165) is 23.8 Å². The second-order valence-corrected chi connectivity index (χ2v) is 5.32. The van der Waals surface area contributed by atoms with Crippen molar-refractivity contribution < 1.29 is 9.52 Å². The van der Waals surface area contributed by atoms with E-state index in [1.807, 2.05) is 6.07 Å². The molecule has 1 aromatic carbocycles. The Morgan fingerprint density at radius 2 is 2.00 bits per heavy atom. The van der Waals surface area contributed by atoms with Crippen molar-refractivity contribution in [3.63, 3.8) is 0 Å². The van der Waals surface area contributed by atoms with E-state index < -0.39 is 6.10 Å². The molecule has 0 bridgehead atoms. The Morgan fingerprint density at radius 3 is 2.61 bits per heavy atom. The second-order valence-electron chi connectivity index (χ2n) is 5.32. The zero-order chi connectivity index (χ0) is 13.3. The molecule has 2 heteroatoms. The molecule has 2 rings (SSSR count). The lowest BCUT2D eigenvalue weighted by molar-refractivity contribution is 0.141. The summed E-state index contributed by atoms with van der Waals surface area (Å²) < 4.78 is 5.91. The van der Waals surface area contributed by atoms with E-state index in [2.05, 4.69) is 39.8 Å². The summed E-state index contributed by atoms with van der Waals surface area (Å²) in [6.07, 6.45) is 1.21. The predicted molar refractivity (Wildman–Crippen MR) is 74.9 cm³/mol. The van der Waals surface area contributed by atoms with E-state index in [1.54, 1.807) is 0 Å². The van der Waals surface area contributed by atoms with Gasteiger partial charge < -0.3 is 9.52 Å². The van der Waals surface area contributed by atoms with Crippen molar-refractivity contribution in [2.45, 2.75) is 52.6 Å². The third-order valence-electron chi connectivity index (χ3n) is 3.46. The monoisotopic (exact) mass is 246 g/mol. The summed E-state index contributed by atoms with van der Waals surface area (Å²) in [6.45, 7) is 8.47. The largest absolute Gasteiger partial charge is 0.458 e. The second kappa shape index (κ2) is 5.15. The van der Waals surface area contributed by atoms with Gasteiger partial charge in [0, 0.05) is 5.39 Å². The van der Waals surface area contributed by atoms with Crippen LogP contribution in [0, 0.1) is 6.92 Å². The third-order valence-corrected chi connectivity index (χ3v) is 3.46. The van der Waals surface area contributed by atoms with Crippen LogP contribution in [-0.4, -0.2) is 5.11 Å². The third kappa shape index (κ3) is 2.30. The maximum absolute atomic E-state index is 10.0. The first kappa shape index (κ1) is 13.2. The van der Waals surface area contributed by atoms with Gasteiger partial charge in [0.05, 0.1) is 0 Å². The average Bonchev–Trinajstić information content (AvgIpc) is 2.75. The highest BCUT2D eigenvalue weighted by Crippen LogP contribution is 2.33. The van der Waals surface area contributed by atoms with Crippen molar-refractivity contribution in [1.29, 1.82) is 0 Å². The topological polar surface area (TPSA) is 33.4 Å². The fourth-order valence-electron chi connectivity index (χ4n) is 2.33. The Morgan fingerprint density at radius 1 is 1.28 bits per heavy atom. The molecule has 0 radical (unpaired) electrons. The normalized spacial score (nSPS) is 13.4. The van der Waals surface area contributed by atoms with Gasteiger partial charge in [-0.2, -0.15) is 0 Å². The Kier molecular flexibility index (Phi) is 3.76. The number of aliphatic hydroxyl groups excluding tert-OH is 1. The molecule has 0 aliphatic carbocycles. The molecule has 1 unspecified atom stereocenters. The summed E-state index contributed by atoms with van der Waals surface area (Å²) in [7, 11) is 0. The van der Waals surface area contributed by atoms with Gasteiger partial charge in [-0.3, -0.25) is 0 Å². The first-order chi connectivity index (χ1) is 8.54. The molecule has 2 aromatic rings. The van der Waals surface area contributed by atoms with E-state index in [1.165, 1.54) is 11.1 Å². The van der Waals surface area contributed by atoms with Crippen LogP contribution in [0.1, 0.15) is 62.5 Å². The van der Waals surface area contributed by atoms with Gasteiger partial charge in [0.2, 0.25) is 0 Å². The van der Waals surface area contributed by atoms with Crippen molar-refractivity contribution in [3.8, 4) is 0 Å². The fourth-order valence-corrected chi connectivity index (χ4v) is 2.33. The highest BCUT2D eigenvalue weighted by Gasteiger charge is 2.16. The molecule has 0 aliphatic heterocycles. The van der Waals surface area contributed by atoms with Crippen molar-refractivity contribution in [2.24, 2.45) is 0 Å². The number of aryl methyl sites for hydroxylation is 1. The standard InChI is InChI=1S/C16H22O2/c1-5-6-14(17)15-9-13-11(4)7-8-12(10(2)3)16(13)18-15/h7-10,14,17H,5-6H2,1-4H3. The number of rotatable bonds is 4. The molecule has 0 saturated heterocycles. The highest BCUT2D eigenvalue weighted by molar-refractivity contribution is 5.85. The minimum Gasteiger partial charge on any atom is -0.458 e. The SMILES string of the molecule is CCCC(O)c1cc2c(C)ccc(C(C)C)c2o1. The molecule has 0 aliphatic rings. The Bertz CT molecular complexity index is 537.